The Hall–Kier alpha value is -1.95. The molecule has 0 aromatic carbocycles. The standard InChI is InChI=1S/C18H24N4O2/c23-17-15-3-1-2-4-16(15)18(24)22(17)13-20-9-11-21(12-10-20)14-5-7-19-8-6-14/h5-8,15-16H,1-4,9-13H2/t15-,16-/m1/s1. The van der Waals surface area contributed by atoms with Crippen molar-refractivity contribution in [3.8, 4) is 0 Å². The zero-order valence-electron chi connectivity index (χ0n) is 13.9. The lowest BCUT2D eigenvalue weighted by atomic mass is 9.81. The first kappa shape index (κ1) is 15.6. The maximum absolute atomic E-state index is 12.6. The number of nitrogens with zero attached hydrogens (tertiary/aromatic N) is 4. The molecular formula is C18H24N4O2. The van der Waals surface area contributed by atoms with Crippen molar-refractivity contribution < 1.29 is 9.59 Å². The van der Waals surface area contributed by atoms with Crippen LogP contribution in [0.2, 0.25) is 0 Å². The lowest BCUT2D eigenvalue weighted by molar-refractivity contribution is -0.142. The van der Waals surface area contributed by atoms with Gasteiger partial charge in [0, 0.05) is 44.3 Å². The second-order valence-electron chi connectivity index (χ2n) is 7.05. The fourth-order valence-electron chi connectivity index (χ4n) is 4.27. The van der Waals surface area contributed by atoms with E-state index in [4.69, 9.17) is 0 Å². The fraction of sp³-hybridized carbons (Fsp3) is 0.611. The Bertz CT molecular complexity index is 589. The Morgan fingerprint density at radius 1 is 0.917 bits per heavy atom. The number of likely N-dealkylation sites (tertiary alicyclic amines) is 1. The van der Waals surface area contributed by atoms with Gasteiger partial charge >= 0.3 is 0 Å². The summed E-state index contributed by atoms with van der Waals surface area (Å²) in [5, 5.41) is 0. The number of imide groups is 1. The van der Waals surface area contributed by atoms with Crippen molar-refractivity contribution in [1.29, 1.82) is 0 Å². The largest absolute Gasteiger partial charge is 0.369 e. The number of rotatable bonds is 3. The van der Waals surface area contributed by atoms with Crippen molar-refractivity contribution in [1.82, 2.24) is 14.8 Å². The van der Waals surface area contributed by atoms with Gasteiger partial charge in [0.15, 0.2) is 0 Å². The van der Waals surface area contributed by atoms with E-state index in [-0.39, 0.29) is 23.7 Å². The molecule has 0 spiro atoms. The second kappa shape index (κ2) is 6.51. The molecule has 0 bridgehead atoms. The Labute approximate surface area is 142 Å². The van der Waals surface area contributed by atoms with Crippen LogP contribution in [0.25, 0.3) is 0 Å². The third kappa shape index (κ3) is 2.79. The molecule has 2 amide bonds. The van der Waals surface area contributed by atoms with Gasteiger partial charge in [-0.1, -0.05) is 12.8 Å². The summed E-state index contributed by atoms with van der Waals surface area (Å²) in [5.41, 5.74) is 1.18. The molecule has 2 atom stereocenters. The van der Waals surface area contributed by atoms with E-state index in [1.54, 1.807) is 0 Å². The van der Waals surface area contributed by atoms with E-state index < -0.39 is 0 Å². The topological polar surface area (TPSA) is 56.8 Å². The number of aromatic nitrogens is 1. The second-order valence-corrected chi connectivity index (χ2v) is 7.05. The molecule has 6 nitrogen and oxygen atoms in total. The van der Waals surface area contributed by atoms with E-state index >= 15 is 0 Å². The summed E-state index contributed by atoms with van der Waals surface area (Å²) in [5.74, 6) is 0.0660. The summed E-state index contributed by atoms with van der Waals surface area (Å²) in [7, 11) is 0. The maximum atomic E-state index is 12.6. The van der Waals surface area contributed by atoms with Gasteiger partial charge in [0.2, 0.25) is 11.8 Å². The first-order valence-corrected chi connectivity index (χ1v) is 8.96. The SMILES string of the molecule is O=C1[C@@H]2CCCC[C@H]2C(=O)N1CN1CCN(c2ccncc2)CC1. The number of pyridine rings is 1. The average Bonchev–Trinajstić information content (AvgIpc) is 2.88. The molecule has 0 unspecified atom stereocenters. The quantitative estimate of drug-likeness (QED) is 0.784. The van der Waals surface area contributed by atoms with Gasteiger partial charge in [-0.15, -0.1) is 0 Å². The molecule has 1 aliphatic carbocycles. The van der Waals surface area contributed by atoms with Gasteiger partial charge in [-0.25, -0.2) is 0 Å². The molecule has 1 aromatic rings. The number of amides is 2. The summed E-state index contributed by atoms with van der Waals surface area (Å²) in [6.07, 6.45) is 7.57. The summed E-state index contributed by atoms with van der Waals surface area (Å²) in [4.78, 5) is 35.3. The van der Waals surface area contributed by atoms with Crippen LogP contribution in [0.1, 0.15) is 25.7 Å². The van der Waals surface area contributed by atoms with Crippen molar-refractivity contribution in [3.05, 3.63) is 24.5 Å². The van der Waals surface area contributed by atoms with Crippen molar-refractivity contribution in [3.63, 3.8) is 0 Å². The van der Waals surface area contributed by atoms with Crippen LogP contribution in [-0.2, 0) is 9.59 Å². The van der Waals surface area contributed by atoms with Gasteiger partial charge in [-0.3, -0.25) is 24.4 Å². The predicted molar refractivity (Wildman–Crippen MR) is 90.2 cm³/mol. The van der Waals surface area contributed by atoms with E-state index in [0.29, 0.717) is 6.67 Å². The molecule has 0 N–H and O–H groups in total. The molecule has 2 aliphatic heterocycles. The Balaban J connectivity index is 1.35. The maximum Gasteiger partial charge on any atom is 0.234 e. The van der Waals surface area contributed by atoms with Crippen LogP contribution in [0.4, 0.5) is 5.69 Å². The molecular weight excluding hydrogens is 304 g/mol. The van der Waals surface area contributed by atoms with Crippen LogP contribution >= 0.6 is 0 Å². The minimum absolute atomic E-state index is 0.0376. The van der Waals surface area contributed by atoms with Gasteiger partial charge in [0.05, 0.1) is 18.5 Å². The Morgan fingerprint density at radius 3 is 2.08 bits per heavy atom. The lowest BCUT2D eigenvalue weighted by Crippen LogP contribution is -2.51. The van der Waals surface area contributed by atoms with Crippen molar-refractivity contribution in [2.75, 3.05) is 37.7 Å². The third-order valence-corrected chi connectivity index (χ3v) is 5.67. The first-order chi connectivity index (χ1) is 11.7. The van der Waals surface area contributed by atoms with E-state index in [0.717, 1.165) is 51.9 Å². The number of carbonyl (C=O) groups excluding carboxylic acids is 2. The number of piperazine rings is 1. The van der Waals surface area contributed by atoms with Crippen molar-refractivity contribution in [2.24, 2.45) is 11.8 Å². The zero-order valence-corrected chi connectivity index (χ0v) is 13.9. The normalized spacial score (nSPS) is 28.3. The van der Waals surface area contributed by atoms with Gasteiger partial charge in [-0.05, 0) is 25.0 Å². The molecule has 128 valence electrons. The minimum Gasteiger partial charge on any atom is -0.369 e. The van der Waals surface area contributed by atoms with E-state index in [1.165, 1.54) is 10.6 Å². The van der Waals surface area contributed by atoms with Gasteiger partial charge in [0.25, 0.3) is 0 Å². The summed E-state index contributed by atoms with van der Waals surface area (Å²) in [6, 6.07) is 4.04. The number of anilines is 1. The van der Waals surface area contributed by atoms with Crippen LogP contribution in [0.5, 0.6) is 0 Å². The van der Waals surface area contributed by atoms with Crippen LogP contribution in [0, 0.1) is 11.8 Å². The van der Waals surface area contributed by atoms with E-state index in [9.17, 15) is 9.59 Å². The van der Waals surface area contributed by atoms with Crippen LogP contribution in [-0.4, -0.2) is 59.4 Å². The monoisotopic (exact) mass is 328 g/mol. The number of hydrogen-bond donors (Lipinski definition) is 0. The Kier molecular flexibility index (Phi) is 4.22. The highest BCUT2D eigenvalue weighted by Crippen LogP contribution is 2.38. The number of fused-ring (bicyclic) bond motifs is 1. The van der Waals surface area contributed by atoms with Crippen LogP contribution < -0.4 is 4.90 Å². The van der Waals surface area contributed by atoms with Gasteiger partial charge in [-0.2, -0.15) is 0 Å². The van der Waals surface area contributed by atoms with Crippen LogP contribution in [0.15, 0.2) is 24.5 Å². The van der Waals surface area contributed by atoms with Crippen molar-refractivity contribution >= 4 is 17.5 Å². The van der Waals surface area contributed by atoms with E-state index in [2.05, 4.69) is 14.8 Å². The average molecular weight is 328 g/mol. The number of carbonyl (C=O) groups is 2. The summed E-state index contributed by atoms with van der Waals surface area (Å²) < 4.78 is 0. The minimum atomic E-state index is -0.0376. The smallest absolute Gasteiger partial charge is 0.234 e. The fourth-order valence-corrected chi connectivity index (χ4v) is 4.27. The molecule has 6 heteroatoms. The number of hydrogen-bond acceptors (Lipinski definition) is 5. The zero-order chi connectivity index (χ0) is 16.5. The molecule has 3 heterocycles. The first-order valence-electron chi connectivity index (χ1n) is 8.96. The summed E-state index contributed by atoms with van der Waals surface area (Å²) in [6.45, 7) is 4.03. The molecule has 3 aliphatic rings. The highest BCUT2D eigenvalue weighted by atomic mass is 16.2. The lowest BCUT2D eigenvalue weighted by Gasteiger charge is -2.37. The highest BCUT2D eigenvalue weighted by Gasteiger charge is 2.48. The van der Waals surface area contributed by atoms with Gasteiger partial charge < -0.3 is 4.90 Å². The Morgan fingerprint density at radius 2 is 1.50 bits per heavy atom. The molecule has 1 saturated carbocycles. The molecule has 3 fully saturated rings. The van der Waals surface area contributed by atoms with Crippen molar-refractivity contribution in [2.45, 2.75) is 25.7 Å². The molecule has 4 rings (SSSR count). The summed E-state index contributed by atoms with van der Waals surface area (Å²) >= 11 is 0. The molecule has 2 saturated heterocycles. The highest BCUT2D eigenvalue weighted by molar-refractivity contribution is 6.05. The third-order valence-electron chi connectivity index (χ3n) is 5.67. The predicted octanol–water partition coefficient (Wildman–Crippen LogP) is 1.34. The molecule has 24 heavy (non-hydrogen) atoms. The molecule has 0 radical (unpaired) electrons. The van der Waals surface area contributed by atoms with Gasteiger partial charge in [0.1, 0.15) is 0 Å². The van der Waals surface area contributed by atoms with E-state index in [1.807, 2.05) is 24.5 Å². The molecule has 1 aromatic heterocycles. The van der Waals surface area contributed by atoms with Crippen LogP contribution in [0.3, 0.4) is 0 Å².